The number of carbonyl (C=O) groups excluding carboxylic acids is 1. The summed E-state index contributed by atoms with van der Waals surface area (Å²) in [6.07, 6.45) is 10.6. The average Bonchev–Trinajstić information content (AvgIpc) is 2.33. The van der Waals surface area contributed by atoms with Crippen molar-refractivity contribution in [3.63, 3.8) is 0 Å². The lowest BCUT2D eigenvalue weighted by atomic mass is 10.1. The quantitative estimate of drug-likeness (QED) is 0.497. The van der Waals surface area contributed by atoms with Gasteiger partial charge < -0.3 is 15.3 Å². The van der Waals surface area contributed by atoms with Crippen molar-refractivity contribution in [2.45, 2.75) is 52.0 Å². The normalized spacial score (nSPS) is 11.4. The van der Waals surface area contributed by atoms with E-state index in [0.717, 1.165) is 24.2 Å². The summed E-state index contributed by atoms with van der Waals surface area (Å²) in [5.41, 5.74) is 0. The first-order chi connectivity index (χ1) is 9.01. The summed E-state index contributed by atoms with van der Waals surface area (Å²) in [5, 5.41) is 11.5. The molecule has 1 unspecified atom stereocenters. The zero-order chi connectivity index (χ0) is 14.7. The van der Waals surface area contributed by atoms with Crippen LogP contribution in [0.25, 0.3) is 0 Å². The van der Waals surface area contributed by atoms with Crippen molar-refractivity contribution >= 4 is 12.0 Å². The highest BCUT2D eigenvalue weighted by Crippen LogP contribution is 2.05. The zero-order valence-corrected chi connectivity index (χ0v) is 11.8. The second-order valence-electron chi connectivity index (χ2n) is 4.65. The first-order valence-corrected chi connectivity index (χ1v) is 6.72. The van der Waals surface area contributed by atoms with Crippen molar-refractivity contribution in [1.82, 2.24) is 10.2 Å². The van der Waals surface area contributed by atoms with Crippen LogP contribution in [0.3, 0.4) is 0 Å². The lowest BCUT2D eigenvalue weighted by Crippen LogP contribution is -2.46. The average molecular weight is 268 g/mol. The van der Waals surface area contributed by atoms with Gasteiger partial charge in [0.15, 0.2) is 0 Å². The largest absolute Gasteiger partial charge is 0.480 e. The van der Waals surface area contributed by atoms with Gasteiger partial charge in [0.2, 0.25) is 0 Å². The number of carboxylic acid groups (broad SMARTS) is 1. The van der Waals surface area contributed by atoms with E-state index in [1.165, 1.54) is 12.8 Å². The molecule has 0 aromatic rings. The standard InChI is InChI=1S/C14H24N2O3/c1-4-6-7-8-9-12(3)15-14(19)16(10-5-2)11-13(17)18/h2,12H,4,6-11H2,1,3H3,(H,15,19)(H,17,18). The molecule has 0 aliphatic rings. The van der Waals surface area contributed by atoms with Crippen molar-refractivity contribution < 1.29 is 14.7 Å². The number of amides is 2. The molecule has 0 aliphatic heterocycles. The molecule has 0 radical (unpaired) electrons. The lowest BCUT2D eigenvalue weighted by Gasteiger charge is -2.22. The number of aliphatic carboxylic acids is 1. The number of nitrogens with zero attached hydrogens (tertiary/aromatic N) is 1. The Morgan fingerprint density at radius 2 is 2.05 bits per heavy atom. The first-order valence-electron chi connectivity index (χ1n) is 6.72. The maximum absolute atomic E-state index is 11.8. The predicted molar refractivity (Wildman–Crippen MR) is 74.8 cm³/mol. The van der Waals surface area contributed by atoms with E-state index in [0.29, 0.717) is 0 Å². The smallest absolute Gasteiger partial charge is 0.323 e. The first kappa shape index (κ1) is 17.3. The third-order valence-electron chi connectivity index (χ3n) is 2.76. The number of urea groups is 1. The van der Waals surface area contributed by atoms with Gasteiger partial charge in [-0.05, 0) is 13.3 Å². The van der Waals surface area contributed by atoms with Gasteiger partial charge in [-0.15, -0.1) is 6.42 Å². The molecule has 5 nitrogen and oxygen atoms in total. The Labute approximate surface area is 115 Å². The Morgan fingerprint density at radius 3 is 2.58 bits per heavy atom. The summed E-state index contributed by atoms with van der Waals surface area (Å²) in [5.74, 6) is 1.22. The summed E-state index contributed by atoms with van der Waals surface area (Å²) in [6, 6.07) is -0.387. The van der Waals surface area contributed by atoms with E-state index in [9.17, 15) is 9.59 Å². The van der Waals surface area contributed by atoms with Crippen LogP contribution in [0.2, 0.25) is 0 Å². The Hall–Kier alpha value is -1.70. The third-order valence-corrected chi connectivity index (χ3v) is 2.76. The molecule has 0 saturated heterocycles. The molecule has 2 N–H and O–H groups in total. The second-order valence-corrected chi connectivity index (χ2v) is 4.65. The lowest BCUT2D eigenvalue weighted by molar-refractivity contribution is -0.137. The number of unbranched alkanes of at least 4 members (excludes halogenated alkanes) is 3. The second kappa shape index (κ2) is 10.2. The van der Waals surface area contributed by atoms with Crippen LogP contribution < -0.4 is 5.32 Å². The molecular formula is C14H24N2O3. The molecule has 0 aliphatic carbocycles. The highest BCUT2D eigenvalue weighted by molar-refractivity contribution is 5.80. The van der Waals surface area contributed by atoms with Gasteiger partial charge in [0.25, 0.3) is 0 Å². The minimum absolute atomic E-state index is 0.000683. The van der Waals surface area contributed by atoms with Crippen LogP contribution in [0.1, 0.15) is 46.0 Å². The van der Waals surface area contributed by atoms with E-state index in [4.69, 9.17) is 11.5 Å². The summed E-state index contributed by atoms with van der Waals surface area (Å²) in [4.78, 5) is 23.6. The summed E-state index contributed by atoms with van der Waals surface area (Å²) in [7, 11) is 0. The third kappa shape index (κ3) is 8.95. The molecule has 0 fully saturated rings. The van der Waals surface area contributed by atoms with E-state index in [2.05, 4.69) is 18.2 Å². The predicted octanol–water partition coefficient (Wildman–Crippen LogP) is 2.07. The van der Waals surface area contributed by atoms with Crippen molar-refractivity contribution in [3.8, 4) is 12.3 Å². The number of terminal acetylenes is 1. The van der Waals surface area contributed by atoms with Gasteiger partial charge in [0.1, 0.15) is 6.54 Å². The van der Waals surface area contributed by atoms with Crippen LogP contribution in [0.4, 0.5) is 4.79 Å². The monoisotopic (exact) mass is 268 g/mol. The Morgan fingerprint density at radius 1 is 1.37 bits per heavy atom. The molecule has 2 amide bonds. The van der Waals surface area contributed by atoms with Crippen molar-refractivity contribution in [1.29, 1.82) is 0 Å². The summed E-state index contributed by atoms with van der Waals surface area (Å²) >= 11 is 0. The Balaban J connectivity index is 4.08. The van der Waals surface area contributed by atoms with Crippen LogP contribution in [0.15, 0.2) is 0 Å². The zero-order valence-electron chi connectivity index (χ0n) is 11.8. The number of hydrogen-bond acceptors (Lipinski definition) is 2. The van der Waals surface area contributed by atoms with Crippen LogP contribution in [-0.2, 0) is 4.79 Å². The number of hydrogen-bond donors (Lipinski definition) is 2. The van der Waals surface area contributed by atoms with Gasteiger partial charge in [-0.2, -0.15) is 0 Å². The maximum atomic E-state index is 11.8. The van der Waals surface area contributed by atoms with Crippen molar-refractivity contribution in [3.05, 3.63) is 0 Å². The van der Waals surface area contributed by atoms with Gasteiger partial charge in [-0.25, -0.2) is 4.79 Å². The number of carboxylic acids is 1. The molecule has 0 bridgehead atoms. The van der Waals surface area contributed by atoms with Crippen LogP contribution in [0, 0.1) is 12.3 Å². The molecule has 0 aromatic heterocycles. The Kier molecular flexibility index (Phi) is 9.33. The Bertz CT molecular complexity index is 323. The molecule has 0 heterocycles. The molecule has 5 heteroatoms. The van der Waals surface area contributed by atoms with Gasteiger partial charge in [-0.3, -0.25) is 4.79 Å². The summed E-state index contributed by atoms with van der Waals surface area (Å²) < 4.78 is 0. The molecule has 0 rings (SSSR count). The molecule has 19 heavy (non-hydrogen) atoms. The molecule has 0 spiro atoms. The molecule has 0 aromatic carbocycles. The highest BCUT2D eigenvalue weighted by atomic mass is 16.4. The molecular weight excluding hydrogens is 244 g/mol. The topological polar surface area (TPSA) is 69.6 Å². The van der Waals surface area contributed by atoms with Crippen LogP contribution in [-0.4, -0.2) is 41.1 Å². The fourth-order valence-electron chi connectivity index (χ4n) is 1.72. The van der Waals surface area contributed by atoms with Gasteiger partial charge in [0.05, 0.1) is 6.54 Å². The van der Waals surface area contributed by atoms with Crippen molar-refractivity contribution in [2.24, 2.45) is 0 Å². The van der Waals surface area contributed by atoms with E-state index >= 15 is 0 Å². The molecule has 108 valence electrons. The fourth-order valence-corrected chi connectivity index (χ4v) is 1.72. The SMILES string of the molecule is C#CCN(CC(=O)O)C(=O)NC(C)CCCCCC. The van der Waals surface area contributed by atoms with Gasteiger partial charge in [0, 0.05) is 6.04 Å². The number of carbonyl (C=O) groups is 2. The van der Waals surface area contributed by atoms with E-state index < -0.39 is 12.0 Å². The summed E-state index contributed by atoms with van der Waals surface area (Å²) in [6.45, 7) is 3.69. The number of nitrogens with one attached hydrogen (secondary N) is 1. The number of rotatable bonds is 9. The highest BCUT2D eigenvalue weighted by Gasteiger charge is 2.17. The van der Waals surface area contributed by atoms with E-state index in [-0.39, 0.29) is 19.1 Å². The molecule has 0 saturated carbocycles. The van der Waals surface area contributed by atoms with Gasteiger partial charge >= 0.3 is 12.0 Å². The molecule has 1 atom stereocenters. The van der Waals surface area contributed by atoms with Gasteiger partial charge in [-0.1, -0.05) is 38.5 Å². The maximum Gasteiger partial charge on any atom is 0.323 e. The van der Waals surface area contributed by atoms with Crippen LogP contribution in [0.5, 0.6) is 0 Å². The van der Waals surface area contributed by atoms with Crippen molar-refractivity contribution in [2.75, 3.05) is 13.1 Å². The van der Waals surface area contributed by atoms with Crippen LogP contribution >= 0.6 is 0 Å². The van der Waals surface area contributed by atoms with E-state index in [1.807, 2.05) is 6.92 Å². The fraction of sp³-hybridized carbons (Fsp3) is 0.714. The minimum atomic E-state index is -1.07. The van der Waals surface area contributed by atoms with E-state index in [1.54, 1.807) is 0 Å². The minimum Gasteiger partial charge on any atom is -0.480 e.